The summed E-state index contributed by atoms with van der Waals surface area (Å²) >= 11 is 0. The molecular formula is C22H28BNO5. The molecule has 4 rings (SSSR count). The predicted octanol–water partition coefficient (Wildman–Crippen LogP) is 3.17. The van der Waals surface area contributed by atoms with E-state index in [2.05, 4.69) is 0 Å². The normalized spacial score (nSPS) is 22.5. The van der Waals surface area contributed by atoms with Crippen LogP contribution in [0.4, 0.5) is 0 Å². The Kier molecular flexibility index (Phi) is 4.78. The van der Waals surface area contributed by atoms with Gasteiger partial charge in [0, 0.05) is 11.4 Å². The summed E-state index contributed by atoms with van der Waals surface area (Å²) in [7, 11) is 2.76. The molecule has 1 aromatic carbocycles. The summed E-state index contributed by atoms with van der Waals surface area (Å²) < 4.78 is 24.8. The number of allylic oxidation sites excluding steroid dienone is 1. The molecule has 1 saturated carbocycles. The number of benzene rings is 1. The molecule has 1 aromatic heterocycles. The fourth-order valence-corrected chi connectivity index (χ4v) is 3.91. The highest BCUT2D eigenvalue weighted by Gasteiger charge is 2.51. The third-order valence-electron chi connectivity index (χ3n) is 6.45. The number of aromatic nitrogens is 1. The van der Waals surface area contributed by atoms with Crippen molar-refractivity contribution in [3.8, 4) is 5.75 Å². The van der Waals surface area contributed by atoms with Crippen LogP contribution in [0.5, 0.6) is 5.75 Å². The zero-order valence-corrected chi connectivity index (χ0v) is 17.9. The Balaban J connectivity index is 1.75. The lowest BCUT2D eigenvalue weighted by molar-refractivity contribution is 0.00578. The number of nitrogens with zero attached hydrogens (tertiary/aromatic N) is 1. The molecule has 0 atom stereocenters. The molecule has 7 heteroatoms. The Bertz CT molecular complexity index is 1020. The van der Waals surface area contributed by atoms with Crippen LogP contribution in [-0.2, 0) is 14.0 Å². The fourth-order valence-electron chi connectivity index (χ4n) is 3.91. The Morgan fingerprint density at radius 1 is 1.10 bits per heavy atom. The first-order valence-corrected chi connectivity index (χ1v) is 9.96. The molecule has 2 fully saturated rings. The first-order valence-electron chi connectivity index (χ1n) is 9.96. The summed E-state index contributed by atoms with van der Waals surface area (Å²) in [5, 5.41) is 1.40. The van der Waals surface area contributed by atoms with Crippen molar-refractivity contribution in [2.75, 3.05) is 14.2 Å². The first-order chi connectivity index (χ1) is 13.7. The van der Waals surface area contributed by atoms with Crippen LogP contribution in [0.25, 0.3) is 10.8 Å². The van der Waals surface area contributed by atoms with Crippen molar-refractivity contribution >= 4 is 23.4 Å². The van der Waals surface area contributed by atoms with Gasteiger partial charge in [-0.25, -0.2) is 0 Å². The van der Waals surface area contributed by atoms with E-state index in [1.54, 1.807) is 25.0 Å². The molecule has 0 amide bonds. The lowest BCUT2D eigenvalue weighted by atomic mass is 9.78. The van der Waals surface area contributed by atoms with Crippen molar-refractivity contribution < 1.29 is 18.8 Å². The second-order valence-electron chi connectivity index (χ2n) is 8.88. The van der Waals surface area contributed by atoms with E-state index < -0.39 is 18.3 Å². The van der Waals surface area contributed by atoms with Gasteiger partial charge in [0.05, 0.1) is 43.3 Å². The third kappa shape index (κ3) is 3.26. The van der Waals surface area contributed by atoms with Gasteiger partial charge in [-0.3, -0.25) is 4.79 Å². The molecule has 2 heterocycles. The lowest BCUT2D eigenvalue weighted by Gasteiger charge is -2.32. The van der Waals surface area contributed by atoms with E-state index in [0.717, 1.165) is 23.7 Å². The van der Waals surface area contributed by atoms with E-state index in [0.29, 0.717) is 11.1 Å². The smallest absolute Gasteiger partial charge is 0.494 e. The maximum Gasteiger partial charge on any atom is 0.494 e. The van der Waals surface area contributed by atoms with Crippen molar-refractivity contribution in [3.63, 3.8) is 0 Å². The fraction of sp³-hybridized carbons (Fsp3) is 0.500. The molecule has 6 nitrogen and oxygen atoms in total. The summed E-state index contributed by atoms with van der Waals surface area (Å²) in [6.45, 7) is 8.08. The highest BCUT2D eigenvalue weighted by atomic mass is 16.7. The molecule has 154 valence electrons. The van der Waals surface area contributed by atoms with Gasteiger partial charge in [-0.05, 0) is 57.6 Å². The van der Waals surface area contributed by atoms with Crippen LogP contribution < -0.4 is 15.8 Å². The standard InChI is InChI=1S/C22H28BNO5/c1-21(2)22(3,4)29-23(28-21)15-7-8-17-18(11-15)20(25)24(12-19(17)27-6)16-9-14(10-16)13-26-5/h7-8,11-13,16H,9-10H2,1-6H3. The molecule has 2 aliphatic rings. The van der Waals surface area contributed by atoms with E-state index in [9.17, 15) is 4.79 Å². The first kappa shape index (κ1) is 20.0. The zero-order valence-electron chi connectivity index (χ0n) is 17.9. The van der Waals surface area contributed by atoms with E-state index >= 15 is 0 Å². The topological polar surface area (TPSA) is 58.9 Å². The highest BCUT2D eigenvalue weighted by molar-refractivity contribution is 6.62. The monoisotopic (exact) mass is 397 g/mol. The minimum Gasteiger partial charge on any atom is -0.504 e. The highest BCUT2D eigenvalue weighted by Crippen LogP contribution is 2.38. The minimum atomic E-state index is -0.511. The zero-order chi connectivity index (χ0) is 21.0. The van der Waals surface area contributed by atoms with Crippen molar-refractivity contribution in [1.29, 1.82) is 0 Å². The van der Waals surface area contributed by atoms with Gasteiger partial charge in [0.1, 0.15) is 5.75 Å². The third-order valence-corrected chi connectivity index (χ3v) is 6.45. The molecule has 0 unspecified atom stereocenters. The van der Waals surface area contributed by atoms with E-state index in [1.807, 2.05) is 52.1 Å². The quantitative estimate of drug-likeness (QED) is 0.586. The summed E-state index contributed by atoms with van der Waals surface area (Å²) in [6, 6.07) is 5.85. The van der Waals surface area contributed by atoms with Gasteiger partial charge in [-0.2, -0.15) is 0 Å². The Morgan fingerprint density at radius 3 is 2.34 bits per heavy atom. The van der Waals surface area contributed by atoms with Crippen LogP contribution in [0.1, 0.15) is 46.6 Å². The minimum absolute atomic E-state index is 0.0272. The molecule has 1 aliphatic heterocycles. The molecule has 0 bridgehead atoms. The van der Waals surface area contributed by atoms with E-state index in [1.165, 1.54) is 5.57 Å². The van der Waals surface area contributed by atoms with E-state index in [4.69, 9.17) is 18.8 Å². The maximum atomic E-state index is 13.3. The number of ether oxygens (including phenoxy) is 2. The lowest BCUT2D eigenvalue weighted by Crippen LogP contribution is -2.41. The van der Waals surface area contributed by atoms with Gasteiger partial charge in [0.25, 0.3) is 5.56 Å². The summed E-state index contributed by atoms with van der Waals surface area (Å²) in [4.78, 5) is 13.3. The second kappa shape index (κ2) is 6.92. The van der Waals surface area contributed by atoms with Crippen molar-refractivity contribution in [3.05, 3.63) is 46.6 Å². The maximum absolute atomic E-state index is 13.3. The number of pyridine rings is 1. The van der Waals surface area contributed by atoms with Gasteiger partial charge in [-0.15, -0.1) is 0 Å². The molecule has 1 aliphatic carbocycles. The van der Waals surface area contributed by atoms with Gasteiger partial charge < -0.3 is 23.3 Å². The van der Waals surface area contributed by atoms with Gasteiger partial charge in [0.2, 0.25) is 0 Å². The van der Waals surface area contributed by atoms with Gasteiger partial charge in [-0.1, -0.05) is 12.1 Å². The van der Waals surface area contributed by atoms with Gasteiger partial charge >= 0.3 is 7.12 Å². The Morgan fingerprint density at radius 2 is 1.76 bits per heavy atom. The van der Waals surface area contributed by atoms with Crippen molar-refractivity contribution in [2.45, 2.75) is 57.8 Å². The summed E-state index contributed by atoms with van der Waals surface area (Å²) in [5.74, 6) is 0.684. The van der Waals surface area contributed by atoms with Crippen LogP contribution in [0.2, 0.25) is 0 Å². The SMILES string of the molecule is COC=C1CC(n2cc(OC)c3ccc(B4OC(C)(C)C(C)(C)O4)cc3c2=O)C1. The molecular weight excluding hydrogens is 369 g/mol. The van der Waals surface area contributed by atoms with Crippen molar-refractivity contribution in [1.82, 2.24) is 4.57 Å². The van der Waals surface area contributed by atoms with Crippen LogP contribution in [0, 0.1) is 0 Å². The number of hydrogen-bond donors (Lipinski definition) is 0. The molecule has 29 heavy (non-hydrogen) atoms. The number of rotatable bonds is 4. The van der Waals surface area contributed by atoms with E-state index in [-0.39, 0.29) is 11.6 Å². The molecule has 0 N–H and O–H groups in total. The Hall–Kier alpha value is -2.25. The summed E-state index contributed by atoms with van der Waals surface area (Å²) in [6.07, 6.45) is 5.18. The number of methoxy groups -OCH3 is 2. The van der Waals surface area contributed by atoms with Crippen LogP contribution >= 0.6 is 0 Å². The van der Waals surface area contributed by atoms with Crippen molar-refractivity contribution in [2.24, 2.45) is 0 Å². The molecule has 0 radical (unpaired) electrons. The molecule has 0 spiro atoms. The average molecular weight is 397 g/mol. The van der Waals surface area contributed by atoms with Crippen LogP contribution in [0.3, 0.4) is 0 Å². The average Bonchev–Trinajstić information content (AvgIpc) is 2.86. The number of hydrogen-bond acceptors (Lipinski definition) is 5. The van der Waals surface area contributed by atoms with Crippen LogP contribution in [-0.4, -0.2) is 37.1 Å². The molecule has 2 aromatic rings. The number of fused-ring (bicyclic) bond motifs is 1. The summed E-state index contributed by atoms with van der Waals surface area (Å²) in [5.41, 5.74) is 1.14. The van der Waals surface area contributed by atoms with Gasteiger partial charge in [0.15, 0.2) is 0 Å². The Labute approximate surface area is 171 Å². The largest absolute Gasteiger partial charge is 0.504 e. The predicted molar refractivity (Wildman–Crippen MR) is 114 cm³/mol. The second-order valence-corrected chi connectivity index (χ2v) is 8.88. The van der Waals surface area contributed by atoms with Crippen LogP contribution in [0.15, 0.2) is 41.0 Å². The molecule has 1 saturated heterocycles.